The van der Waals surface area contributed by atoms with E-state index in [1.165, 1.54) is 12.1 Å². The third kappa shape index (κ3) is 2.06. The average molecular weight is 184 g/mol. The van der Waals surface area contributed by atoms with Crippen LogP contribution in [-0.2, 0) is 16.4 Å². The minimum Gasteiger partial charge on any atom is -0.326 e. The summed E-state index contributed by atoms with van der Waals surface area (Å²) >= 11 is 0. The predicted octanol–water partition coefficient (Wildman–Crippen LogP) is 0.349. The predicted molar refractivity (Wildman–Crippen MR) is 46.3 cm³/mol. The number of rotatable bonds is 2. The van der Waals surface area contributed by atoms with Crippen LogP contribution >= 0.6 is 0 Å². The maximum absolute atomic E-state index is 11.0. The highest BCUT2D eigenvalue weighted by atomic mass is 32.2. The Kier molecular flexibility index (Phi) is 2.49. The van der Waals surface area contributed by atoms with Gasteiger partial charge in [0.25, 0.3) is 0 Å². The van der Waals surface area contributed by atoms with Crippen molar-refractivity contribution in [3.05, 3.63) is 29.8 Å². The molecule has 0 aliphatic carbocycles. The summed E-state index contributed by atoms with van der Waals surface area (Å²) in [7, 11) is -3.10. The standard InChI is InChI=1S/C8H10NO2S/c1-12(10,11)8-4-2-7(6-9)3-5-8/h2,4-5H,6,9H2,1H3. The van der Waals surface area contributed by atoms with Crippen LogP contribution in [-0.4, -0.2) is 14.7 Å². The lowest BCUT2D eigenvalue weighted by molar-refractivity contribution is 0.602. The summed E-state index contributed by atoms with van der Waals surface area (Å²) in [6.45, 7) is 0.379. The molecule has 0 aliphatic rings. The summed E-state index contributed by atoms with van der Waals surface area (Å²) in [6.07, 6.45) is 1.16. The fourth-order valence-corrected chi connectivity index (χ4v) is 1.39. The van der Waals surface area contributed by atoms with Crippen LogP contribution in [0.15, 0.2) is 23.1 Å². The highest BCUT2D eigenvalue weighted by Gasteiger charge is 2.05. The van der Waals surface area contributed by atoms with Crippen molar-refractivity contribution in [2.24, 2.45) is 5.73 Å². The normalized spacial score (nSPS) is 11.5. The van der Waals surface area contributed by atoms with Crippen molar-refractivity contribution in [1.82, 2.24) is 0 Å². The minimum atomic E-state index is -3.10. The molecule has 12 heavy (non-hydrogen) atoms. The summed E-state index contributed by atoms with van der Waals surface area (Å²) in [5.41, 5.74) is 6.14. The molecule has 0 unspecified atom stereocenters. The topological polar surface area (TPSA) is 60.2 Å². The zero-order valence-corrected chi connectivity index (χ0v) is 7.56. The van der Waals surface area contributed by atoms with Crippen molar-refractivity contribution >= 4 is 9.84 Å². The lowest BCUT2D eigenvalue weighted by Gasteiger charge is -1.98. The Balaban J connectivity index is 3.09. The van der Waals surface area contributed by atoms with Crippen LogP contribution in [0.3, 0.4) is 0 Å². The van der Waals surface area contributed by atoms with Gasteiger partial charge >= 0.3 is 0 Å². The second-order valence-electron chi connectivity index (χ2n) is 2.53. The van der Waals surface area contributed by atoms with Gasteiger partial charge in [-0.05, 0) is 23.8 Å². The van der Waals surface area contributed by atoms with Crippen LogP contribution in [0.1, 0.15) is 5.56 Å². The number of sulfone groups is 1. The third-order valence-electron chi connectivity index (χ3n) is 1.50. The molecular formula is C8H10NO2S. The Hall–Kier alpha value is -0.870. The quantitative estimate of drug-likeness (QED) is 0.721. The van der Waals surface area contributed by atoms with Crippen molar-refractivity contribution in [2.45, 2.75) is 11.4 Å². The molecule has 65 valence electrons. The Labute approximate surface area is 72.1 Å². The molecule has 0 aromatic heterocycles. The maximum atomic E-state index is 11.0. The number of hydrogen-bond donors (Lipinski definition) is 1. The second kappa shape index (κ2) is 3.25. The second-order valence-corrected chi connectivity index (χ2v) is 4.54. The molecule has 0 saturated carbocycles. The molecular weight excluding hydrogens is 174 g/mol. The van der Waals surface area contributed by atoms with E-state index in [1.54, 1.807) is 6.07 Å². The molecule has 0 bridgehead atoms. The maximum Gasteiger partial charge on any atom is 0.175 e. The molecule has 0 atom stereocenters. The van der Waals surface area contributed by atoms with Crippen LogP contribution in [0, 0.1) is 6.07 Å². The van der Waals surface area contributed by atoms with Gasteiger partial charge in [0.2, 0.25) is 0 Å². The molecule has 0 saturated heterocycles. The van der Waals surface area contributed by atoms with Crippen LogP contribution in [0.25, 0.3) is 0 Å². The highest BCUT2D eigenvalue weighted by molar-refractivity contribution is 7.90. The molecule has 1 radical (unpaired) electrons. The van der Waals surface area contributed by atoms with Crippen LogP contribution in [0.4, 0.5) is 0 Å². The zero-order valence-electron chi connectivity index (χ0n) is 6.74. The van der Waals surface area contributed by atoms with Crippen LogP contribution < -0.4 is 5.73 Å². The smallest absolute Gasteiger partial charge is 0.175 e. The third-order valence-corrected chi connectivity index (χ3v) is 2.61. The first-order chi connectivity index (χ1) is 5.54. The molecule has 3 nitrogen and oxygen atoms in total. The van der Waals surface area contributed by atoms with Crippen molar-refractivity contribution in [3.63, 3.8) is 0 Å². The van der Waals surface area contributed by atoms with Crippen molar-refractivity contribution in [1.29, 1.82) is 0 Å². The van der Waals surface area contributed by atoms with E-state index in [9.17, 15) is 8.42 Å². The Morgan fingerprint density at radius 2 is 2.17 bits per heavy atom. The van der Waals surface area contributed by atoms with Gasteiger partial charge in [-0.15, -0.1) is 0 Å². The van der Waals surface area contributed by atoms with E-state index in [4.69, 9.17) is 5.73 Å². The van der Waals surface area contributed by atoms with E-state index >= 15 is 0 Å². The summed E-state index contributed by atoms with van der Waals surface area (Å²) < 4.78 is 22.0. The zero-order chi connectivity index (χ0) is 9.19. The van der Waals surface area contributed by atoms with E-state index in [1.807, 2.05) is 0 Å². The van der Waals surface area contributed by atoms with Gasteiger partial charge in [0.1, 0.15) is 0 Å². The first-order valence-corrected chi connectivity index (χ1v) is 5.34. The Morgan fingerprint density at radius 1 is 1.50 bits per heavy atom. The van der Waals surface area contributed by atoms with Crippen LogP contribution in [0.5, 0.6) is 0 Å². The molecule has 0 fully saturated rings. The summed E-state index contributed by atoms with van der Waals surface area (Å²) in [6, 6.07) is 7.43. The van der Waals surface area contributed by atoms with Gasteiger partial charge in [-0.25, -0.2) is 8.42 Å². The van der Waals surface area contributed by atoms with Crippen molar-refractivity contribution < 1.29 is 8.42 Å². The molecule has 1 aromatic carbocycles. The fourth-order valence-electron chi connectivity index (χ4n) is 0.800. The van der Waals surface area contributed by atoms with Crippen LogP contribution in [0.2, 0.25) is 0 Å². The number of benzene rings is 1. The summed E-state index contributed by atoms with van der Waals surface area (Å²) in [5.74, 6) is 0. The SMILES string of the molecule is CS(=O)(=O)c1c[c]c(CN)cc1. The minimum absolute atomic E-state index is 0.278. The monoisotopic (exact) mass is 184 g/mol. The molecule has 0 heterocycles. The highest BCUT2D eigenvalue weighted by Crippen LogP contribution is 2.08. The van der Waals surface area contributed by atoms with E-state index in [0.717, 1.165) is 11.8 Å². The molecule has 1 rings (SSSR count). The van der Waals surface area contributed by atoms with E-state index < -0.39 is 9.84 Å². The Morgan fingerprint density at radius 3 is 2.50 bits per heavy atom. The van der Waals surface area contributed by atoms with E-state index in [2.05, 4.69) is 6.07 Å². The van der Waals surface area contributed by atoms with Gasteiger partial charge in [0.15, 0.2) is 9.84 Å². The molecule has 0 spiro atoms. The van der Waals surface area contributed by atoms with E-state index in [0.29, 0.717) is 6.54 Å². The van der Waals surface area contributed by atoms with Gasteiger partial charge in [-0.2, -0.15) is 0 Å². The summed E-state index contributed by atoms with van der Waals surface area (Å²) in [4.78, 5) is 0.278. The summed E-state index contributed by atoms with van der Waals surface area (Å²) in [5, 5.41) is 0. The van der Waals surface area contributed by atoms with Gasteiger partial charge < -0.3 is 5.73 Å². The first kappa shape index (κ1) is 9.22. The van der Waals surface area contributed by atoms with Gasteiger partial charge in [-0.3, -0.25) is 0 Å². The molecule has 1 aromatic rings. The van der Waals surface area contributed by atoms with Crippen molar-refractivity contribution in [2.75, 3.05) is 6.26 Å². The fraction of sp³-hybridized carbons (Fsp3) is 0.250. The van der Waals surface area contributed by atoms with E-state index in [-0.39, 0.29) is 4.90 Å². The van der Waals surface area contributed by atoms with Gasteiger partial charge in [-0.1, -0.05) is 6.07 Å². The Bertz CT molecular complexity index is 353. The molecule has 4 heteroatoms. The number of hydrogen-bond acceptors (Lipinski definition) is 3. The molecule has 0 amide bonds. The average Bonchev–Trinajstić information content (AvgIpc) is 2.03. The lowest BCUT2D eigenvalue weighted by Crippen LogP contribution is -1.99. The van der Waals surface area contributed by atoms with Crippen molar-refractivity contribution in [3.8, 4) is 0 Å². The van der Waals surface area contributed by atoms with Gasteiger partial charge in [0, 0.05) is 12.8 Å². The first-order valence-electron chi connectivity index (χ1n) is 3.45. The largest absolute Gasteiger partial charge is 0.326 e. The molecule has 0 aliphatic heterocycles. The molecule has 2 N–H and O–H groups in total. The number of nitrogens with two attached hydrogens (primary N) is 1. The lowest BCUT2D eigenvalue weighted by atomic mass is 10.2. The van der Waals surface area contributed by atoms with Gasteiger partial charge in [0.05, 0.1) is 4.90 Å².